The Morgan fingerprint density at radius 3 is 2.89 bits per heavy atom. The average Bonchev–Trinajstić information content (AvgIpc) is 2.41. The lowest BCUT2D eigenvalue weighted by molar-refractivity contribution is -0.0915. The molecule has 0 aromatic carbocycles. The third kappa shape index (κ3) is 1.84. The number of fused-ring (bicyclic) bond motifs is 1. The summed E-state index contributed by atoms with van der Waals surface area (Å²) in [7, 11) is 0. The maximum atomic E-state index is 13.3. The van der Waals surface area contributed by atoms with Gasteiger partial charge in [-0.2, -0.15) is 8.78 Å². The van der Waals surface area contributed by atoms with Gasteiger partial charge in [0.05, 0.1) is 15.3 Å². The topological polar surface area (TPSA) is 42.4 Å². The van der Waals surface area contributed by atoms with Crippen molar-refractivity contribution in [3.63, 3.8) is 0 Å². The molecule has 1 fully saturated rings. The summed E-state index contributed by atoms with van der Waals surface area (Å²) in [5, 5.41) is 9.44. The van der Waals surface area contributed by atoms with E-state index >= 15 is 0 Å². The Labute approximate surface area is 120 Å². The van der Waals surface area contributed by atoms with Crippen molar-refractivity contribution in [2.24, 2.45) is 0 Å². The summed E-state index contributed by atoms with van der Waals surface area (Å²) in [5.41, 5.74) is 4.74. The molecule has 19 heavy (non-hydrogen) atoms. The number of aromatic nitrogens is 1. The van der Waals surface area contributed by atoms with Crippen LogP contribution in [0, 0.1) is 0 Å². The molecule has 3 nitrogen and oxygen atoms in total. The lowest BCUT2D eigenvalue weighted by Crippen LogP contribution is -2.49. The Balaban J connectivity index is 2.01. The molecule has 1 aromatic heterocycles. The molecule has 6 heteroatoms. The van der Waals surface area contributed by atoms with Crippen molar-refractivity contribution < 1.29 is 18.6 Å². The predicted molar refractivity (Wildman–Crippen MR) is 70.9 cm³/mol. The second-order valence-corrected chi connectivity index (χ2v) is 5.08. The zero-order chi connectivity index (χ0) is 13.6. The van der Waals surface area contributed by atoms with E-state index in [2.05, 4.69) is 16.4 Å². The van der Waals surface area contributed by atoms with E-state index in [9.17, 15) is 13.9 Å². The fourth-order valence-corrected chi connectivity index (χ4v) is 2.64. The normalized spacial score (nSPS) is 23.3. The highest BCUT2D eigenvalue weighted by Crippen LogP contribution is 2.51. The van der Waals surface area contributed by atoms with Gasteiger partial charge in [-0.05, 0) is 40.5 Å². The van der Waals surface area contributed by atoms with Crippen molar-refractivity contribution >= 4 is 22.6 Å². The summed E-state index contributed by atoms with van der Waals surface area (Å²) >= 11 is 1.85. The standard InChI is InChI=1S/C13H6F2INO2/c14-13(15)8-3-4-9(11(16)10(8)12(13)18)19-7-2-1-5-17-6-7/h1-2,5-6,12,18H. The maximum Gasteiger partial charge on any atom is 0.310 e. The first-order valence-electron chi connectivity index (χ1n) is 5.32. The molecule has 0 radical (unpaired) electrons. The fourth-order valence-electron chi connectivity index (χ4n) is 1.83. The van der Waals surface area contributed by atoms with Gasteiger partial charge in [-0.25, -0.2) is 0 Å². The third-order valence-corrected chi connectivity index (χ3v) is 3.88. The number of alkyl halides is 2. The molecule has 2 aliphatic carbocycles. The molecule has 96 valence electrons. The van der Waals surface area contributed by atoms with Crippen LogP contribution >= 0.6 is 22.6 Å². The van der Waals surface area contributed by atoms with Gasteiger partial charge in [0, 0.05) is 11.8 Å². The van der Waals surface area contributed by atoms with E-state index in [0.717, 1.165) is 0 Å². The van der Waals surface area contributed by atoms with Gasteiger partial charge in [0.1, 0.15) is 11.9 Å². The predicted octanol–water partition coefficient (Wildman–Crippen LogP) is 2.74. The zero-order valence-electron chi connectivity index (χ0n) is 9.32. The minimum atomic E-state index is -3.25. The van der Waals surface area contributed by atoms with Crippen LogP contribution in [0.4, 0.5) is 8.78 Å². The summed E-state index contributed by atoms with van der Waals surface area (Å²) < 4.78 is 32.5. The molecule has 1 aromatic rings. The van der Waals surface area contributed by atoms with Crippen molar-refractivity contribution in [2.45, 2.75) is 12.0 Å². The smallest absolute Gasteiger partial charge is 0.310 e. The van der Waals surface area contributed by atoms with Crippen LogP contribution in [0.3, 0.4) is 0 Å². The van der Waals surface area contributed by atoms with Gasteiger partial charge < -0.3 is 9.84 Å². The van der Waals surface area contributed by atoms with Crippen LogP contribution < -0.4 is 4.74 Å². The van der Waals surface area contributed by atoms with Crippen LogP contribution in [0.1, 0.15) is 0 Å². The fraction of sp³-hybridized carbons (Fsp3) is 0.154. The minimum Gasteiger partial charge on any atom is -0.446 e. The number of aliphatic hydroxyl groups is 1. The van der Waals surface area contributed by atoms with Gasteiger partial charge >= 0.3 is 5.92 Å². The molecule has 0 aliphatic heterocycles. The van der Waals surface area contributed by atoms with Crippen molar-refractivity contribution in [3.8, 4) is 5.75 Å². The average molecular weight is 373 g/mol. The number of pyridine rings is 1. The second-order valence-electron chi connectivity index (χ2n) is 4.00. The lowest BCUT2D eigenvalue weighted by atomic mass is 9.77. The van der Waals surface area contributed by atoms with Crippen molar-refractivity contribution in [3.05, 3.63) is 56.5 Å². The van der Waals surface area contributed by atoms with Crippen molar-refractivity contribution in [1.82, 2.24) is 4.98 Å². The highest BCUT2D eigenvalue weighted by molar-refractivity contribution is 14.1. The first-order valence-corrected chi connectivity index (χ1v) is 6.40. The summed E-state index contributed by atoms with van der Waals surface area (Å²) in [5.74, 6) is -2.54. The molecule has 0 amide bonds. The van der Waals surface area contributed by atoms with E-state index in [1.807, 2.05) is 22.6 Å². The van der Waals surface area contributed by atoms with Crippen molar-refractivity contribution in [1.29, 1.82) is 0 Å². The maximum absolute atomic E-state index is 13.3. The number of ether oxygens (including phenoxy) is 1. The summed E-state index contributed by atoms with van der Waals surface area (Å²) in [6.45, 7) is 0. The number of hydrogen-bond donors (Lipinski definition) is 1. The van der Waals surface area contributed by atoms with E-state index in [-0.39, 0.29) is 16.9 Å². The number of allylic oxidation sites excluding steroid dienone is 1. The summed E-state index contributed by atoms with van der Waals surface area (Å²) in [6.07, 6.45) is 1.28. The van der Waals surface area contributed by atoms with Crippen LogP contribution in [-0.2, 0) is 0 Å². The van der Waals surface area contributed by atoms with E-state index < -0.39 is 12.0 Å². The largest absolute Gasteiger partial charge is 0.446 e. The molecular formula is C13H6F2INO2. The summed E-state index contributed by atoms with van der Waals surface area (Å²) in [6, 6.07) is 3.37. The molecule has 1 unspecified atom stereocenters. The Hall–Kier alpha value is -1.46. The molecule has 0 spiro atoms. The zero-order valence-corrected chi connectivity index (χ0v) is 11.5. The van der Waals surface area contributed by atoms with Crippen LogP contribution in [0.15, 0.2) is 56.5 Å². The molecule has 1 N–H and O–H groups in total. The molecule has 1 atom stereocenters. The minimum absolute atomic E-state index is 0.156. The molecule has 2 aliphatic rings. The number of hydrogen-bond acceptors (Lipinski definition) is 3. The number of aliphatic hydroxyl groups excluding tert-OH is 1. The Morgan fingerprint density at radius 1 is 1.42 bits per heavy atom. The lowest BCUT2D eigenvalue weighted by Gasteiger charge is -2.38. The molecular weight excluding hydrogens is 367 g/mol. The van der Waals surface area contributed by atoms with Gasteiger partial charge in [-0.1, -0.05) is 5.73 Å². The van der Waals surface area contributed by atoms with Crippen LogP contribution in [0.25, 0.3) is 0 Å². The molecule has 0 saturated heterocycles. The first kappa shape index (κ1) is 12.6. The number of rotatable bonds is 2. The number of nitrogens with zero attached hydrogens (tertiary/aromatic N) is 1. The molecule has 0 bridgehead atoms. The molecule has 3 rings (SSSR count). The quantitative estimate of drug-likeness (QED) is 0.641. The van der Waals surface area contributed by atoms with Crippen LogP contribution in [-0.4, -0.2) is 22.1 Å². The van der Waals surface area contributed by atoms with E-state index in [0.29, 0.717) is 9.33 Å². The number of halogens is 3. The summed E-state index contributed by atoms with van der Waals surface area (Å²) in [4.78, 5) is 3.88. The Bertz CT molecular complexity index is 684. The monoisotopic (exact) mass is 373 g/mol. The van der Waals surface area contributed by atoms with Crippen LogP contribution in [0.2, 0.25) is 0 Å². The SMILES string of the molecule is OC1C2=C(I)C(Oc3cccnc3)=C=C=C2C1(F)F. The molecule has 1 heterocycles. The third-order valence-electron chi connectivity index (χ3n) is 2.81. The first-order chi connectivity index (χ1) is 9.01. The van der Waals surface area contributed by atoms with E-state index in [4.69, 9.17) is 4.74 Å². The van der Waals surface area contributed by atoms with E-state index in [1.165, 1.54) is 6.20 Å². The van der Waals surface area contributed by atoms with Gasteiger partial charge in [0.15, 0.2) is 5.76 Å². The second kappa shape index (κ2) is 4.28. The Kier molecular flexibility index (Phi) is 2.83. The van der Waals surface area contributed by atoms with Gasteiger partial charge in [0.25, 0.3) is 0 Å². The van der Waals surface area contributed by atoms with E-state index in [1.54, 1.807) is 18.3 Å². The van der Waals surface area contributed by atoms with Gasteiger partial charge in [0.2, 0.25) is 0 Å². The van der Waals surface area contributed by atoms with Crippen LogP contribution in [0.5, 0.6) is 5.75 Å². The Morgan fingerprint density at radius 2 is 2.21 bits per heavy atom. The molecule has 1 saturated carbocycles. The van der Waals surface area contributed by atoms with Crippen molar-refractivity contribution in [2.75, 3.05) is 0 Å². The highest BCUT2D eigenvalue weighted by Gasteiger charge is 2.59. The highest BCUT2D eigenvalue weighted by atomic mass is 127. The van der Waals surface area contributed by atoms with Gasteiger partial charge in [-0.3, -0.25) is 4.98 Å². The van der Waals surface area contributed by atoms with Gasteiger partial charge in [-0.15, -0.1) is 0 Å².